The number of rotatable bonds is 2. The number of amides is 1. The summed E-state index contributed by atoms with van der Waals surface area (Å²) in [6, 6.07) is 0. The number of carbonyl (C=O) groups is 1. The first-order chi connectivity index (χ1) is 6.31. The largest absolute Gasteiger partial charge is 0.444 e. The summed E-state index contributed by atoms with van der Waals surface area (Å²) in [7, 11) is 0. The van der Waals surface area contributed by atoms with Crippen molar-refractivity contribution < 1.29 is 9.53 Å². The van der Waals surface area contributed by atoms with E-state index in [1.807, 2.05) is 20.8 Å². The van der Waals surface area contributed by atoms with Crippen LogP contribution in [0.5, 0.6) is 0 Å². The van der Waals surface area contributed by atoms with E-state index in [4.69, 9.17) is 4.74 Å². The van der Waals surface area contributed by atoms with Crippen molar-refractivity contribution in [3.8, 4) is 0 Å². The van der Waals surface area contributed by atoms with E-state index in [1.54, 1.807) is 0 Å². The van der Waals surface area contributed by atoms with Crippen LogP contribution in [-0.2, 0) is 4.74 Å². The smallest absolute Gasteiger partial charge is 0.407 e. The van der Waals surface area contributed by atoms with Crippen LogP contribution in [0.25, 0.3) is 0 Å². The maximum atomic E-state index is 11.3. The molecular weight excluding hydrogens is 178 g/mol. The first-order valence-corrected chi connectivity index (χ1v) is 5.28. The molecule has 3 nitrogen and oxygen atoms in total. The Bertz CT molecular complexity index is 214. The third kappa shape index (κ3) is 3.56. The zero-order chi connectivity index (χ0) is 10.8. The molecule has 1 fully saturated rings. The Kier molecular flexibility index (Phi) is 3.07. The molecule has 0 spiro atoms. The van der Waals surface area contributed by atoms with Crippen molar-refractivity contribution in [3.05, 3.63) is 0 Å². The molecule has 3 heteroatoms. The van der Waals surface area contributed by atoms with Crippen LogP contribution in [-0.4, -0.2) is 18.2 Å². The molecule has 0 atom stereocenters. The molecule has 0 aromatic carbocycles. The molecule has 0 radical (unpaired) electrons. The van der Waals surface area contributed by atoms with Gasteiger partial charge in [-0.25, -0.2) is 4.79 Å². The molecule has 0 bridgehead atoms. The summed E-state index contributed by atoms with van der Waals surface area (Å²) in [5, 5.41) is 2.82. The Morgan fingerprint density at radius 2 is 2.00 bits per heavy atom. The lowest BCUT2D eigenvalue weighted by atomic mass is 9.70. The SMILES string of the molecule is CC1(CNC(=O)OC(C)(C)C)CCC1. The number of carbonyl (C=O) groups excluding carboxylic acids is 1. The van der Waals surface area contributed by atoms with Crippen molar-refractivity contribution in [1.29, 1.82) is 0 Å². The van der Waals surface area contributed by atoms with E-state index in [0.29, 0.717) is 5.41 Å². The molecule has 1 aliphatic rings. The van der Waals surface area contributed by atoms with Crippen molar-refractivity contribution in [2.45, 2.75) is 52.6 Å². The van der Waals surface area contributed by atoms with Gasteiger partial charge in [0.25, 0.3) is 0 Å². The van der Waals surface area contributed by atoms with Crippen molar-refractivity contribution in [2.75, 3.05) is 6.54 Å². The summed E-state index contributed by atoms with van der Waals surface area (Å²) >= 11 is 0. The van der Waals surface area contributed by atoms with Crippen LogP contribution in [0, 0.1) is 5.41 Å². The molecule has 0 unspecified atom stereocenters. The highest BCUT2D eigenvalue weighted by molar-refractivity contribution is 5.67. The lowest BCUT2D eigenvalue weighted by molar-refractivity contribution is 0.0469. The van der Waals surface area contributed by atoms with E-state index >= 15 is 0 Å². The van der Waals surface area contributed by atoms with Crippen molar-refractivity contribution in [2.24, 2.45) is 5.41 Å². The zero-order valence-corrected chi connectivity index (χ0v) is 9.64. The molecule has 1 aliphatic carbocycles. The Labute approximate surface area is 86.2 Å². The van der Waals surface area contributed by atoms with Gasteiger partial charge in [0.2, 0.25) is 0 Å². The second kappa shape index (κ2) is 3.79. The molecule has 0 saturated heterocycles. The minimum absolute atomic E-state index is 0.300. The van der Waals surface area contributed by atoms with Gasteiger partial charge in [0.1, 0.15) is 5.60 Å². The van der Waals surface area contributed by atoms with Crippen LogP contribution in [0.3, 0.4) is 0 Å². The molecule has 0 aromatic rings. The van der Waals surface area contributed by atoms with Gasteiger partial charge in [-0.3, -0.25) is 0 Å². The molecular formula is C11H21NO2. The minimum Gasteiger partial charge on any atom is -0.444 e. The van der Waals surface area contributed by atoms with Gasteiger partial charge in [-0.2, -0.15) is 0 Å². The lowest BCUT2D eigenvalue weighted by Gasteiger charge is -2.38. The van der Waals surface area contributed by atoms with Gasteiger partial charge >= 0.3 is 6.09 Å². The predicted molar refractivity (Wildman–Crippen MR) is 56.2 cm³/mol. The maximum absolute atomic E-state index is 11.3. The normalized spacial score (nSPS) is 19.7. The Hall–Kier alpha value is -0.730. The Balaban J connectivity index is 2.21. The quantitative estimate of drug-likeness (QED) is 0.742. The minimum atomic E-state index is -0.398. The molecule has 1 N–H and O–H groups in total. The van der Waals surface area contributed by atoms with Gasteiger partial charge in [-0.05, 0) is 39.0 Å². The standard InChI is InChI=1S/C11H21NO2/c1-10(2,3)14-9(13)12-8-11(4)6-5-7-11/h5-8H2,1-4H3,(H,12,13). The molecule has 1 saturated carbocycles. The summed E-state index contributed by atoms with van der Waals surface area (Å²) in [6.07, 6.45) is 3.41. The van der Waals surface area contributed by atoms with Gasteiger partial charge < -0.3 is 10.1 Å². The topological polar surface area (TPSA) is 38.3 Å². The monoisotopic (exact) mass is 199 g/mol. The highest BCUT2D eigenvalue weighted by Crippen LogP contribution is 2.39. The first kappa shape index (κ1) is 11.3. The van der Waals surface area contributed by atoms with Crippen LogP contribution >= 0.6 is 0 Å². The van der Waals surface area contributed by atoms with Crippen molar-refractivity contribution in [3.63, 3.8) is 0 Å². The Morgan fingerprint density at radius 1 is 1.43 bits per heavy atom. The van der Waals surface area contributed by atoms with Gasteiger partial charge in [0.15, 0.2) is 0 Å². The molecule has 0 heterocycles. The van der Waals surface area contributed by atoms with Crippen LogP contribution in [0.15, 0.2) is 0 Å². The number of hydrogen-bond acceptors (Lipinski definition) is 2. The second-order valence-corrected chi connectivity index (χ2v) is 5.52. The molecule has 1 amide bonds. The van der Waals surface area contributed by atoms with E-state index in [1.165, 1.54) is 19.3 Å². The number of nitrogens with one attached hydrogen (secondary N) is 1. The zero-order valence-electron chi connectivity index (χ0n) is 9.64. The average molecular weight is 199 g/mol. The van der Waals surface area contributed by atoms with E-state index < -0.39 is 5.60 Å². The van der Waals surface area contributed by atoms with Crippen LogP contribution < -0.4 is 5.32 Å². The van der Waals surface area contributed by atoms with E-state index in [2.05, 4.69) is 12.2 Å². The first-order valence-electron chi connectivity index (χ1n) is 5.28. The van der Waals surface area contributed by atoms with Crippen LogP contribution in [0.4, 0.5) is 4.79 Å². The summed E-state index contributed by atoms with van der Waals surface area (Å²) in [4.78, 5) is 11.3. The molecule has 1 rings (SSSR count). The van der Waals surface area contributed by atoms with Gasteiger partial charge in [-0.1, -0.05) is 13.3 Å². The fraction of sp³-hybridized carbons (Fsp3) is 0.909. The Morgan fingerprint density at radius 3 is 2.36 bits per heavy atom. The fourth-order valence-corrected chi connectivity index (χ4v) is 1.56. The number of alkyl carbamates (subject to hydrolysis) is 1. The number of hydrogen-bond donors (Lipinski definition) is 1. The van der Waals surface area contributed by atoms with Crippen LogP contribution in [0.1, 0.15) is 47.0 Å². The highest BCUT2D eigenvalue weighted by atomic mass is 16.6. The summed E-state index contributed by atoms with van der Waals surface area (Å²) in [6.45, 7) is 8.56. The third-order valence-corrected chi connectivity index (χ3v) is 2.62. The predicted octanol–water partition coefficient (Wildman–Crippen LogP) is 2.70. The lowest BCUT2D eigenvalue weighted by Crippen LogP contribution is -2.42. The summed E-state index contributed by atoms with van der Waals surface area (Å²) < 4.78 is 5.15. The molecule has 0 aliphatic heterocycles. The molecule has 0 aromatic heterocycles. The highest BCUT2D eigenvalue weighted by Gasteiger charge is 2.32. The van der Waals surface area contributed by atoms with E-state index in [0.717, 1.165) is 6.54 Å². The van der Waals surface area contributed by atoms with E-state index in [9.17, 15) is 4.79 Å². The second-order valence-electron chi connectivity index (χ2n) is 5.52. The van der Waals surface area contributed by atoms with Crippen LogP contribution in [0.2, 0.25) is 0 Å². The summed E-state index contributed by atoms with van der Waals surface area (Å²) in [5.41, 5.74) is -0.0818. The number of ether oxygens (including phenoxy) is 1. The molecule has 82 valence electrons. The van der Waals surface area contributed by atoms with Gasteiger partial charge in [0.05, 0.1) is 0 Å². The van der Waals surface area contributed by atoms with E-state index in [-0.39, 0.29) is 6.09 Å². The fourth-order valence-electron chi connectivity index (χ4n) is 1.56. The summed E-state index contributed by atoms with van der Waals surface area (Å²) in [5.74, 6) is 0. The van der Waals surface area contributed by atoms with Crippen molar-refractivity contribution >= 4 is 6.09 Å². The van der Waals surface area contributed by atoms with Gasteiger partial charge in [-0.15, -0.1) is 0 Å². The third-order valence-electron chi connectivity index (χ3n) is 2.62. The maximum Gasteiger partial charge on any atom is 0.407 e. The molecule has 14 heavy (non-hydrogen) atoms. The van der Waals surface area contributed by atoms with Crippen molar-refractivity contribution in [1.82, 2.24) is 5.32 Å². The van der Waals surface area contributed by atoms with Gasteiger partial charge in [0, 0.05) is 6.54 Å². The average Bonchev–Trinajstić information content (AvgIpc) is 1.94.